The lowest BCUT2D eigenvalue weighted by Crippen LogP contribution is -2.65. The Kier molecular flexibility index (Phi) is 7.91. The number of rotatable bonds is 7. The van der Waals surface area contributed by atoms with Crippen molar-refractivity contribution in [3.8, 4) is 17.0 Å². The molecule has 1 aromatic heterocycles. The molecule has 256 valence electrons. The van der Waals surface area contributed by atoms with Gasteiger partial charge in [0, 0.05) is 67.8 Å². The molecule has 0 spiro atoms. The van der Waals surface area contributed by atoms with Crippen LogP contribution in [0.25, 0.3) is 22.2 Å². The Morgan fingerprint density at radius 3 is 2.44 bits per heavy atom. The number of piperidine rings is 2. The Morgan fingerprint density at radius 1 is 0.938 bits per heavy atom. The average Bonchev–Trinajstić information content (AvgIpc) is 3.76. The summed E-state index contributed by atoms with van der Waals surface area (Å²) in [6.45, 7) is 9.70. The number of fused-ring (bicyclic) bond motifs is 10. The highest BCUT2D eigenvalue weighted by molar-refractivity contribution is 6.00. The number of ether oxygens (including phenoxy) is 3. The molecule has 2 unspecified atom stereocenters. The predicted octanol–water partition coefficient (Wildman–Crippen LogP) is 7.13. The molecule has 9 rings (SSSR count). The standard InChI is InChI=1S/C40H51N3O5/c1-39(2,3)48-37(44)26-11-15-31-34(19-26)43-24-40(38(45)42-23-27-12-13-28(42)22-41(27)17-18-46-4)21-33(40)32-20-29(47-5)14-16-30(32)36(43)35(31)25-9-7-6-8-10-25/h11,14-16,19-20,25,27-28,33H,6-10,12-13,17-18,21-24H2,1-5H3/t27?,28?,33-,40-/m0/s1. The monoisotopic (exact) mass is 653 g/mol. The van der Waals surface area contributed by atoms with Gasteiger partial charge in [-0.3, -0.25) is 9.69 Å². The van der Waals surface area contributed by atoms with E-state index in [1.807, 2.05) is 32.9 Å². The first-order valence-electron chi connectivity index (χ1n) is 18.2. The minimum atomic E-state index is -0.585. The zero-order valence-corrected chi connectivity index (χ0v) is 29.3. The Balaban J connectivity index is 1.27. The van der Waals surface area contributed by atoms with Gasteiger partial charge < -0.3 is 23.7 Å². The Bertz CT molecular complexity index is 1750. The minimum absolute atomic E-state index is 0.128. The van der Waals surface area contributed by atoms with Gasteiger partial charge in [0.15, 0.2) is 0 Å². The third kappa shape index (κ3) is 5.25. The van der Waals surface area contributed by atoms with E-state index >= 15 is 4.79 Å². The van der Waals surface area contributed by atoms with Crippen LogP contribution in [0.15, 0.2) is 36.4 Å². The molecule has 2 bridgehead atoms. The van der Waals surface area contributed by atoms with E-state index in [0.717, 1.165) is 69.6 Å². The molecule has 4 atom stereocenters. The van der Waals surface area contributed by atoms with E-state index in [9.17, 15) is 4.79 Å². The number of piperazine rings is 1. The molecule has 2 saturated carbocycles. The van der Waals surface area contributed by atoms with E-state index in [2.05, 4.69) is 38.6 Å². The predicted molar refractivity (Wildman–Crippen MR) is 187 cm³/mol. The van der Waals surface area contributed by atoms with Crippen molar-refractivity contribution in [3.63, 3.8) is 0 Å². The number of carbonyl (C=O) groups excluding carboxylic acids is 2. The number of methoxy groups -OCH3 is 2. The van der Waals surface area contributed by atoms with E-state index in [1.165, 1.54) is 47.0 Å². The molecule has 4 aliphatic heterocycles. The number of carbonyl (C=O) groups is 2. The molecule has 2 aromatic carbocycles. The summed E-state index contributed by atoms with van der Waals surface area (Å²) >= 11 is 0. The van der Waals surface area contributed by atoms with Crippen molar-refractivity contribution in [2.45, 2.75) is 108 Å². The summed E-state index contributed by atoms with van der Waals surface area (Å²) in [6.07, 6.45) is 9.09. The van der Waals surface area contributed by atoms with Gasteiger partial charge in [-0.15, -0.1) is 0 Å². The zero-order valence-electron chi connectivity index (χ0n) is 29.3. The quantitative estimate of drug-likeness (QED) is 0.253. The molecule has 48 heavy (non-hydrogen) atoms. The minimum Gasteiger partial charge on any atom is -0.497 e. The molecule has 8 nitrogen and oxygen atoms in total. The fourth-order valence-electron chi connectivity index (χ4n) is 9.68. The second-order valence-electron chi connectivity index (χ2n) is 16.1. The van der Waals surface area contributed by atoms with E-state index < -0.39 is 11.0 Å². The van der Waals surface area contributed by atoms with Crippen molar-refractivity contribution >= 4 is 22.8 Å². The van der Waals surface area contributed by atoms with Gasteiger partial charge in [-0.2, -0.15) is 0 Å². The summed E-state index contributed by atoms with van der Waals surface area (Å²) in [7, 11) is 3.49. The van der Waals surface area contributed by atoms with Crippen molar-refractivity contribution in [1.82, 2.24) is 14.4 Å². The average molecular weight is 654 g/mol. The number of aromatic nitrogens is 1. The summed E-state index contributed by atoms with van der Waals surface area (Å²) in [5, 5.41) is 1.21. The summed E-state index contributed by atoms with van der Waals surface area (Å²) in [6, 6.07) is 13.3. The zero-order chi connectivity index (χ0) is 33.4. The third-order valence-electron chi connectivity index (χ3n) is 12.1. The first-order chi connectivity index (χ1) is 23.1. The van der Waals surface area contributed by atoms with Crippen LogP contribution in [0.4, 0.5) is 0 Å². The van der Waals surface area contributed by atoms with Crippen LogP contribution in [0, 0.1) is 5.41 Å². The molecule has 8 heteroatoms. The smallest absolute Gasteiger partial charge is 0.338 e. The Labute approximate surface area is 284 Å². The number of amides is 1. The summed E-state index contributed by atoms with van der Waals surface area (Å²) in [5.41, 5.74) is 5.57. The molecule has 5 heterocycles. The summed E-state index contributed by atoms with van der Waals surface area (Å²) < 4.78 is 19.5. The van der Waals surface area contributed by atoms with Crippen molar-refractivity contribution in [1.29, 1.82) is 0 Å². The first kappa shape index (κ1) is 31.9. The molecule has 0 radical (unpaired) electrons. The van der Waals surface area contributed by atoms with E-state index in [-0.39, 0.29) is 17.9 Å². The second-order valence-corrected chi connectivity index (χ2v) is 16.1. The highest BCUT2D eigenvalue weighted by atomic mass is 16.6. The van der Waals surface area contributed by atoms with Crippen LogP contribution in [0.3, 0.4) is 0 Å². The van der Waals surface area contributed by atoms with Crippen molar-refractivity contribution in [2.75, 3.05) is 40.5 Å². The highest BCUT2D eigenvalue weighted by Crippen LogP contribution is 2.66. The normalized spacial score (nSPS) is 26.9. The molecule has 6 aliphatic rings. The lowest BCUT2D eigenvalue weighted by molar-refractivity contribution is -0.149. The van der Waals surface area contributed by atoms with Gasteiger partial charge in [-0.05, 0) is 100 Å². The molecular weight excluding hydrogens is 602 g/mol. The molecule has 5 fully saturated rings. The maximum atomic E-state index is 15.1. The SMILES string of the molecule is COCCN1CC2CCC1CN2C(=O)[C@]12C[C@H]1c1cc(OC)ccc1-c1c(C3CCCCC3)c3ccc(C(=O)OC(C)(C)C)cc3n1C2. The molecule has 3 saturated heterocycles. The maximum Gasteiger partial charge on any atom is 0.338 e. The van der Waals surface area contributed by atoms with Gasteiger partial charge in [0.05, 0.1) is 30.4 Å². The molecule has 1 amide bonds. The fourth-order valence-corrected chi connectivity index (χ4v) is 9.68. The van der Waals surface area contributed by atoms with Crippen LogP contribution in [0.1, 0.15) is 105 Å². The van der Waals surface area contributed by atoms with Gasteiger partial charge in [0.25, 0.3) is 0 Å². The van der Waals surface area contributed by atoms with E-state index in [0.29, 0.717) is 30.0 Å². The molecule has 2 aliphatic carbocycles. The first-order valence-corrected chi connectivity index (χ1v) is 18.2. The topological polar surface area (TPSA) is 73.2 Å². The lowest BCUT2D eigenvalue weighted by Gasteiger charge is -2.52. The maximum absolute atomic E-state index is 15.1. The van der Waals surface area contributed by atoms with Crippen LogP contribution < -0.4 is 4.74 Å². The second kappa shape index (κ2) is 11.9. The number of hydrogen-bond donors (Lipinski definition) is 0. The number of nitrogens with zero attached hydrogens (tertiary/aromatic N) is 3. The van der Waals surface area contributed by atoms with Crippen molar-refractivity contribution < 1.29 is 23.8 Å². The fraction of sp³-hybridized carbons (Fsp3) is 0.600. The van der Waals surface area contributed by atoms with Crippen LogP contribution in [0.2, 0.25) is 0 Å². The summed E-state index contributed by atoms with van der Waals surface area (Å²) in [5.74, 6) is 1.40. The van der Waals surface area contributed by atoms with Crippen molar-refractivity contribution in [2.24, 2.45) is 5.41 Å². The van der Waals surface area contributed by atoms with Gasteiger partial charge in [0.1, 0.15) is 11.4 Å². The van der Waals surface area contributed by atoms with Gasteiger partial charge in [-0.1, -0.05) is 25.3 Å². The van der Waals surface area contributed by atoms with Gasteiger partial charge in [0.2, 0.25) is 5.91 Å². The number of esters is 1. The Morgan fingerprint density at radius 2 is 1.73 bits per heavy atom. The van der Waals surface area contributed by atoms with Crippen LogP contribution in [-0.2, 0) is 20.8 Å². The van der Waals surface area contributed by atoms with E-state index in [1.54, 1.807) is 14.2 Å². The van der Waals surface area contributed by atoms with Gasteiger partial charge in [-0.25, -0.2) is 4.79 Å². The van der Waals surface area contributed by atoms with Crippen molar-refractivity contribution in [3.05, 3.63) is 53.1 Å². The molecular formula is C40H51N3O5. The number of benzene rings is 2. The Hall–Kier alpha value is -3.36. The highest BCUT2D eigenvalue weighted by Gasteiger charge is 2.65. The largest absolute Gasteiger partial charge is 0.497 e. The number of hydrogen-bond acceptors (Lipinski definition) is 6. The third-order valence-corrected chi connectivity index (χ3v) is 12.1. The van der Waals surface area contributed by atoms with Crippen LogP contribution >= 0.6 is 0 Å². The van der Waals surface area contributed by atoms with Crippen LogP contribution in [-0.4, -0.2) is 84.4 Å². The molecule has 0 N–H and O–H groups in total. The van der Waals surface area contributed by atoms with E-state index in [4.69, 9.17) is 14.2 Å². The van der Waals surface area contributed by atoms with Crippen LogP contribution in [0.5, 0.6) is 5.75 Å². The molecule has 3 aromatic rings. The van der Waals surface area contributed by atoms with Gasteiger partial charge >= 0.3 is 5.97 Å². The summed E-state index contributed by atoms with van der Waals surface area (Å²) in [4.78, 5) is 33.3. The lowest BCUT2D eigenvalue weighted by atomic mass is 9.81.